The second-order valence-corrected chi connectivity index (χ2v) is 3.92. The van der Waals surface area contributed by atoms with Crippen LogP contribution in [0.25, 0.3) is 0 Å². The second-order valence-electron chi connectivity index (χ2n) is 3.92. The van der Waals surface area contributed by atoms with Gasteiger partial charge in [0.15, 0.2) is 6.61 Å². The van der Waals surface area contributed by atoms with E-state index in [-0.39, 0.29) is 11.8 Å². The summed E-state index contributed by atoms with van der Waals surface area (Å²) in [6, 6.07) is 1.67. The molecule has 0 bridgehead atoms. The lowest BCUT2D eigenvalue weighted by Gasteiger charge is -2.14. The number of alkyl halides is 3. The molecule has 0 unspecified atom stereocenters. The summed E-state index contributed by atoms with van der Waals surface area (Å²) in [7, 11) is 0. The van der Waals surface area contributed by atoms with Crippen LogP contribution in [0.2, 0.25) is 0 Å². The molecule has 1 aromatic heterocycles. The number of aromatic nitrogens is 1. The fraction of sp³-hybridized carbons (Fsp3) is 0.545. The fourth-order valence-electron chi connectivity index (χ4n) is 1.16. The maximum Gasteiger partial charge on any atom is 0.422 e. The van der Waals surface area contributed by atoms with Crippen LogP contribution in [-0.2, 0) is 6.54 Å². The minimum absolute atomic E-state index is 0.213. The van der Waals surface area contributed by atoms with Gasteiger partial charge in [-0.15, -0.1) is 0 Å². The van der Waals surface area contributed by atoms with Gasteiger partial charge in [0.25, 0.3) is 0 Å². The topological polar surface area (TPSA) is 34.2 Å². The van der Waals surface area contributed by atoms with Crippen molar-refractivity contribution in [2.24, 2.45) is 0 Å². The van der Waals surface area contributed by atoms with Crippen LogP contribution in [0, 0.1) is 0 Å². The van der Waals surface area contributed by atoms with Crippen LogP contribution in [-0.4, -0.2) is 23.8 Å². The van der Waals surface area contributed by atoms with Crippen molar-refractivity contribution in [2.75, 3.05) is 6.61 Å². The highest BCUT2D eigenvalue weighted by Gasteiger charge is 2.28. The van der Waals surface area contributed by atoms with Gasteiger partial charge in [-0.1, -0.05) is 13.8 Å². The largest absolute Gasteiger partial charge is 0.484 e. The molecule has 0 atom stereocenters. The average Bonchev–Trinajstić information content (AvgIpc) is 2.23. The number of rotatable bonds is 5. The van der Waals surface area contributed by atoms with E-state index < -0.39 is 12.8 Å². The molecule has 0 spiro atoms. The number of hydrogen-bond acceptors (Lipinski definition) is 3. The molecule has 0 saturated carbocycles. The van der Waals surface area contributed by atoms with Gasteiger partial charge in [-0.2, -0.15) is 13.2 Å². The maximum atomic E-state index is 12.0. The van der Waals surface area contributed by atoms with Crippen molar-refractivity contribution in [3.05, 3.63) is 24.0 Å². The van der Waals surface area contributed by atoms with Crippen molar-refractivity contribution in [3.8, 4) is 5.75 Å². The molecule has 1 N–H and O–H groups in total. The quantitative estimate of drug-likeness (QED) is 0.869. The molecule has 1 heterocycles. The Hall–Kier alpha value is -1.30. The minimum Gasteiger partial charge on any atom is -0.484 e. The first-order valence-electron chi connectivity index (χ1n) is 5.24. The van der Waals surface area contributed by atoms with Gasteiger partial charge < -0.3 is 10.1 Å². The van der Waals surface area contributed by atoms with E-state index in [1.807, 2.05) is 13.8 Å². The summed E-state index contributed by atoms with van der Waals surface area (Å²) in [6.07, 6.45) is -1.42. The van der Waals surface area contributed by atoms with E-state index in [1.54, 1.807) is 0 Å². The molecule has 1 aromatic rings. The molecule has 0 fully saturated rings. The van der Waals surface area contributed by atoms with Crippen molar-refractivity contribution in [1.29, 1.82) is 0 Å². The van der Waals surface area contributed by atoms with Crippen LogP contribution in [0.3, 0.4) is 0 Å². The van der Waals surface area contributed by atoms with E-state index in [1.165, 1.54) is 18.5 Å². The number of ether oxygens (including phenoxy) is 1. The molecule has 1 rings (SSSR count). The van der Waals surface area contributed by atoms with Crippen molar-refractivity contribution in [3.63, 3.8) is 0 Å². The zero-order valence-electron chi connectivity index (χ0n) is 9.71. The zero-order chi connectivity index (χ0) is 12.9. The molecule has 0 aliphatic rings. The third kappa shape index (κ3) is 5.53. The van der Waals surface area contributed by atoms with E-state index >= 15 is 0 Å². The monoisotopic (exact) mass is 248 g/mol. The van der Waals surface area contributed by atoms with Crippen LogP contribution < -0.4 is 10.1 Å². The lowest BCUT2D eigenvalue weighted by Crippen LogP contribution is -2.23. The molecule has 0 radical (unpaired) electrons. The van der Waals surface area contributed by atoms with Crippen LogP contribution in [0.1, 0.15) is 19.4 Å². The Morgan fingerprint density at radius 2 is 2.12 bits per heavy atom. The molecule has 17 heavy (non-hydrogen) atoms. The van der Waals surface area contributed by atoms with E-state index in [2.05, 4.69) is 10.3 Å². The summed E-state index contributed by atoms with van der Waals surface area (Å²) in [4.78, 5) is 3.87. The first-order chi connectivity index (χ1) is 7.88. The van der Waals surface area contributed by atoms with E-state index in [0.29, 0.717) is 12.1 Å². The number of nitrogens with one attached hydrogen (secondary N) is 1. The van der Waals surface area contributed by atoms with Gasteiger partial charge in [-0.05, 0) is 6.07 Å². The van der Waals surface area contributed by atoms with Crippen molar-refractivity contribution in [1.82, 2.24) is 10.3 Å². The van der Waals surface area contributed by atoms with Gasteiger partial charge in [-0.3, -0.25) is 4.98 Å². The molecule has 0 aromatic carbocycles. The van der Waals surface area contributed by atoms with Crippen LogP contribution in [0.15, 0.2) is 18.5 Å². The van der Waals surface area contributed by atoms with Crippen LogP contribution >= 0.6 is 0 Å². The molecule has 96 valence electrons. The molecule has 0 aliphatic carbocycles. The maximum absolute atomic E-state index is 12.0. The first-order valence-corrected chi connectivity index (χ1v) is 5.24. The number of nitrogens with zero attached hydrogens (tertiary/aromatic N) is 1. The van der Waals surface area contributed by atoms with Gasteiger partial charge in [-0.25, -0.2) is 0 Å². The molecule has 3 nitrogen and oxygen atoms in total. The van der Waals surface area contributed by atoms with Gasteiger partial charge in [0.05, 0.1) is 0 Å². The zero-order valence-corrected chi connectivity index (χ0v) is 9.71. The third-order valence-corrected chi connectivity index (χ3v) is 1.95. The predicted molar refractivity (Wildman–Crippen MR) is 57.8 cm³/mol. The molecular weight excluding hydrogens is 233 g/mol. The van der Waals surface area contributed by atoms with E-state index in [0.717, 1.165) is 0 Å². The Morgan fingerprint density at radius 1 is 1.41 bits per heavy atom. The SMILES string of the molecule is CC(C)NCc1cnccc1OCC(F)(F)F. The minimum atomic E-state index is -4.33. The summed E-state index contributed by atoms with van der Waals surface area (Å²) in [5.41, 5.74) is 0.616. The molecule has 0 aliphatic heterocycles. The Bertz CT molecular complexity index is 353. The van der Waals surface area contributed by atoms with Crippen molar-refractivity contribution >= 4 is 0 Å². The van der Waals surface area contributed by atoms with Crippen LogP contribution in [0.4, 0.5) is 13.2 Å². The number of halogens is 3. The summed E-state index contributed by atoms with van der Waals surface area (Å²) < 4.78 is 40.8. The highest BCUT2D eigenvalue weighted by molar-refractivity contribution is 5.30. The summed E-state index contributed by atoms with van der Waals surface area (Å²) in [6.45, 7) is 3.05. The standard InChI is InChI=1S/C11H15F3N2O/c1-8(2)16-6-9-5-15-4-3-10(9)17-7-11(12,13)14/h3-5,8,16H,6-7H2,1-2H3. The average molecular weight is 248 g/mol. The normalized spacial score (nSPS) is 11.9. The third-order valence-electron chi connectivity index (χ3n) is 1.95. The highest BCUT2D eigenvalue weighted by atomic mass is 19.4. The Kier molecular flexibility index (Phi) is 4.74. The predicted octanol–water partition coefficient (Wildman–Crippen LogP) is 2.52. The lowest BCUT2D eigenvalue weighted by atomic mass is 10.2. The van der Waals surface area contributed by atoms with E-state index in [4.69, 9.17) is 4.74 Å². The van der Waals surface area contributed by atoms with Crippen molar-refractivity contribution in [2.45, 2.75) is 32.6 Å². The Morgan fingerprint density at radius 3 is 2.71 bits per heavy atom. The molecule has 0 saturated heterocycles. The van der Waals surface area contributed by atoms with Gasteiger partial charge in [0.2, 0.25) is 0 Å². The number of pyridine rings is 1. The Labute approximate surface area is 98.0 Å². The van der Waals surface area contributed by atoms with Gasteiger partial charge >= 0.3 is 6.18 Å². The summed E-state index contributed by atoms with van der Waals surface area (Å²) >= 11 is 0. The Balaban J connectivity index is 2.64. The fourth-order valence-corrected chi connectivity index (χ4v) is 1.16. The molecule has 6 heteroatoms. The van der Waals surface area contributed by atoms with Crippen molar-refractivity contribution < 1.29 is 17.9 Å². The molecular formula is C11H15F3N2O. The van der Waals surface area contributed by atoms with Gasteiger partial charge in [0.1, 0.15) is 5.75 Å². The smallest absolute Gasteiger partial charge is 0.422 e. The summed E-state index contributed by atoms with van der Waals surface area (Å²) in [5.74, 6) is 0.213. The summed E-state index contributed by atoms with van der Waals surface area (Å²) in [5, 5.41) is 3.10. The van der Waals surface area contributed by atoms with E-state index in [9.17, 15) is 13.2 Å². The first kappa shape index (κ1) is 13.8. The highest BCUT2D eigenvalue weighted by Crippen LogP contribution is 2.21. The van der Waals surface area contributed by atoms with Gasteiger partial charge in [0, 0.05) is 30.5 Å². The molecule has 0 amide bonds. The second kappa shape index (κ2) is 5.86. The lowest BCUT2D eigenvalue weighted by molar-refractivity contribution is -0.153. The van der Waals surface area contributed by atoms with Crippen LogP contribution in [0.5, 0.6) is 5.75 Å². The number of hydrogen-bond donors (Lipinski definition) is 1.